The smallest absolute Gasteiger partial charge is 0.325 e. The Morgan fingerprint density at radius 2 is 1.77 bits per heavy atom. The molecular formula is C14H25N5O3. The van der Waals surface area contributed by atoms with Crippen LogP contribution >= 0.6 is 0 Å². The number of nitrogens with zero attached hydrogens (tertiary/aromatic N) is 2. The van der Waals surface area contributed by atoms with E-state index in [2.05, 4.69) is 15.4 Å². The standard InChI is InChI=1S/C14H25N5O3/c1-8(2)5-11(15)13(21)19-12(9(3)4)14(22)17-6-10(20)7-18-16/h7-9,11-12H,5-6,15H2,1-4H3,(H,17,22)(H,19,21)/t11-,12-/m0/s1. The Labute approximate surface area is 130 Å². The molecular weight excluding hydrogens is 286 g/mol. The van der Waals surface area contributed by atoms with Crippen molar-refractivity contribution in [3.05, 3.63) is 5.53 Å². The van der Waals surface area contributed by atoms with Gasteiger partial charge in [0.15, 0.2) is 0 Å². The molecule has 0 saturated carbocycles. The molecule has 0 unspecified atom stereocenters. The van der Waals surface area contributed by atoms with Crippen LogP contribution in [-0.4, -0.2) is 47.2 Å². The van der Waals surface area contributed by atoms with Gasteiger partial charge in [0.05, 0.1) is 12.6 Å². The zero-order valence-corrected chi connectivity index (χ0v) is 13.5. The third-order valence-corrected chi connectivity index (χ3v) is 2.95. The predicted octanol–water partition coefficient (Wildman–Crippen LogP) is -0.513. The number of nitrogens with one attached hydrogen (secondary N) is 2. The van der Waals surface area contributed by atoms with Crippen LogP contribution < -0.4 is 16.4 Å². The lowest BCUT2D eigenvalue weighted by Gasteiger charge is -2.23. The summed E-state index contributed by atoms with van der Waals surface area (Å²) in [5, 5.41) is 4.99. The van der Waals surface area contributed by atoms with E-state index < -0.39 is 29.7 Å². The molecule has 124 valence electrons. The lowest BCUT2D eigenvalue weighted by atomic mass is 10.0. The molecule has 0 aromatic rings. The molecule has 8 nitrogen and oxygen atoms in total. The molecule has 4 N–H and O–H groups in total. The molecule has 0 fully saturated rings. The van der Waals surface area contributed by atoms with Gasteiger partial charge in [0.25, 0.3) is 5.78 Å². The third kappa shape index (κ3) is 7.66. The van der Waals surface area contributed by atoms with Crippen LogP contribution in [0, 0.1) is 11.8 Å². The van der Waals surface area contributed by atoms with Gasteiger partial charge in [0.2, 0.25) is 11.8 Å². The molecule has 0 radical (unpaired) electrons. The maximum atomic E-state index is 12.0. The van der Waals surface area contributed by atoms with Gasteiger partial charge in [-0.3, -0.25) is 14.4 Å². The molecule has 0 heterocycles. The first-order chi connectivity index (χ1) is 10.2. The molecule has 8 heteroatoms. The first kappa shape index (κ1) is 19.9. The van der Waals surface area contributed by atoms with Crippen LogP contribution in [0.4, 0.5) is 0 Å². The van der Waals surface area contributed by atoms with Crippen LogP contribution in [0.3, 0.4) is 0 Å². The monoisotopic (exact) mass is 311 g/mol. The lowest BCUT2D eigenvalue weighted by molar-refractivity contribution is -0.131. The second-order valence-electron chi connectivity index (χ2n) is 5.90. The molecule has 0 aliphatic heterocycles. The molecule has 0 aromatic heterocycles. The number of Topliss-reactive ketones (excluding diaryl/α,β-unsaturated/α-hetero) is 1. The Morgan fingerprint density at radius 1 is 1.18 bits per heavy atom. The van der Waals surface area contributed by atoms with Crippen molar-refractivity contribution in [1.82, 2.24) is 10.6 Å². The van der Waals surface area contributed by atoms with Gasteiger partial charge in [-0.1, -0.05) is 27.7 Å². The molecule has 2 amide bonds. The summed E-state index contributed by atoms with van der Waals surface area (Å²) >= 11 is 0. The van der Waals surface area contributed by atoms with E-state index in [-0.39, 0.29) is 18.4 Å². The number of nitrogens with two attached hydrogens (primary N) is 1. The highest BCUT2D eigenvalue weighted by Crippen LogP contribution is 2.06. The minimum atomic E-state index is -0.787. The molecule has 0 aliphatic carbocycles. The highest BCUT2D eigenvalue weighted by molar-refractivity contribution is 6.26. The van der Waals surface area contributed by atoms with E-state index in [9.17, 15) is 14.4 Å². The van der Waals surface area contributed by atoms with Crippen LogP contribution in [0.5, 0.6) is 0 Å². The van der Waals surface area contributed by atoms with Gasteiger partial charge in [0, 0.05) is 0 Å². The maximum absolute atomic E-state index is 12.0. The Kier molecular flexibility index (Phi) is 8.89. The lowest BCUT2D eigenvalue weighted by Crippen LogP contribution is -2.54. The summed E-state index contributed by atoms with van der Waals surface area (Å²) in [6.45, 7) is 7.15. The molecule has 2 atom stereocenters. The topological polar surface area (TPSA) is 138 Å². The van der Waals surface area contributed by atoms with E-state index >= 15 is 0 Å². The highest BCUT2D eigenvalue weighted by atomic mass is 16.2. The molecule has 0 aromatic carbocycles. The summed E-state index contributed by atoms with van der Waals surface area (Å²) in [6, 6.07) is -1.47. The van der Waals surface area contributed by atoms with Crippen molar-refractivity contribution in [2.24, 2.45) is 17.6 Å². The average Bonchev–Trinajstić information content (AvgIpc) is 2.41. The second kappa shape index (κ2) is 9.81. The van der Waals surface area contributed by atoms with Gasteiger partial charge in [-0.2, -0.15) is 4.79 Å². The Hall–Kier alpha value is -2.05. The van der Waals surface area contributed by atoms with Gasteiger partial charge >= 0.3 is 6.21 Å². The van der Waals surface area contributed by atoms with Crippen LogP contribution in [0.1, 0.15) is 34.1 Å². The first-order valence-corrected chi connectivity index (χ1v) is 7.22. The predicted molar refractivity (Wildman–Crippen MR) is 81.9 cm³/mol. The molecule has 0 aliphatic rings. The second-order valence-corrected chi connectivity index (χ2v) is 5.90. The van der Waals surface area contributed by atoms with Gasteiger partial charge in [-0.05, 0) is 18.3 Å². The number of carbonyl (C=O) groups excluding carboxylic acids is 3. The molecule has 0 bridgehead atoms. The number of hydrogen-bond acceptors (Lipinski definition) is 4. The van der Waals surface area contributed by atoms with Gasteiger partial charge in [0.1, 0.15) is 6.04 Å². The summed E-state index contributed by atoms with van der Waals surface area (Å²) < 4.78 is 0. The van der Waals surface area contributed by atoms with E-state index in [0.29, 0.717) is 12.6 Å². The van der Waals surface area contributed by atoms with Crippen molar-refractivity contribution >= 4 is 23.8 Å². The van der Waals surface area contributed by atoms with Gasteiger partial charge in [-0.15, -0.1) is 0 Å². The largest absolute Gasteiger partial charge is 0.361 e. The third-order valence-electron chi connectivity index (χ3n) is 2.95. The van der Waals surface area contributed by atoms with Gasteiger partial charge < -0.3 is 21.9 Å². The Bertz CT molecular complexity index is 455. The summed E-state index contributed by atoms with van der Waals surface area (Å²) in [4.78, 5) is 37.8. The number of carbonyl (C=O) groups is 3. The summed E-state index contributed by atoms with van der Waals surface area (Å²) in [7, 11) is 0. The summed E-state index contributed by atoms with van der Waals surface area (Å²) in [5.41, 5.74) is 14.0. The van der Waals surface area contributed by atoms with E-state index in [4.69, 9.17) is 11.3 Å². The quantitative estimate of drug-likeness (QED) is 0.300. The number of ketones is 1. The van der Waals surface area contributed by atoms with Crippen LogP contribution in [0.2, 0.25) is 0 Å². The fourth-order valence-corrected chi connectivity index (χ4v) is 1.80. The Morgan fingerprint density at radius 3 is 2.23 bits per heavy atom. The van der Waals surface area contributed by atoms with E-state index in [1.165, 1.54) is 0 Å². The summed E-state index contributed by atoms with van der Waals surface area (Å²) in [6.07, 6.45) is 1.21. The minimum Gasteiger partial charge on any atom is -0.361 e. The molecule has 0 saturated heterocycles. The van der Waals surface area contributed by atoms with Crippen molar-refractivity contribution in [2.75, 3.05) is 6.54 Å². The first-order valence-electron chi connectivity index (χ1n) is 7.22. The van der Waals surface area contributed by atoms with Crippen molar-refractivity contribution in [2.45, 2.75) is 46.2 Å². The maximum Gasteiger partial charge on any atom is 0.325 e. The van der Waals surface area contributed by atoms with Gasteiger partial charge in [-0.25, -0.2) is 0 Å². The molecule has 0 spiro atoms. The fourth-order valence-electron chi connectivity index (χ4n) is 1.80. The van der Waals surface area contributed by atoms with Crippen molar-refractivity contribution in [3.63, 3.8) is 0 Å². The van der Waals surface area contributed by atoms with Crippen molar-refractivity contribution < 1.29 is 19.2 Å². The van der Waals surface area contributed by atoms with Crippen LogP contribution in [0.25, 0.3) is 5.53 Å². The van der Waals surface area contributed by atoms with Crippen LogP contribution in [0.15, 0.2) is 0 Å². The summed E-state index contributed by atoms with van der Waals surface area (Å²) in [5.74, 6) is -1.34. The minimum absolute atomic E-state index is 0.170. The normalized spacial score (nSPS) is 13.2. The number of hydrogen-bond donors (Lipinski definition) is 3. The zero-order chi connectivity index (χ0) is 17.3. The highest BCUT2D eigenvalue weighted by Gasteiger charge is 2.26. The van der Waals surface area contributed by atoms with E-state index in [1.54, 1.807) is 13.8 Å². The van der Waals surface area contributed by atoms with Crippen molar-refractivity contribution in [1.29, 1.82) is 0 Å². The molecule has 22 heavy (non-hydrogen) atoms. The number of amides is 2. The van der Waals surface area contributed by atoms with Crippen molar-refractivity contribution in [3.8, 4) is 0 Å². The molecule has 0 rings (SSSR count). The van der Waals surface area contributed by atoms with Crippen LogP contribution in [-0.2, 0) is 14.4 Å². The van der Waals surface area contributed by atoms with E-state index in [1.807, 2.05) is 13.8 Å². The average molecular weight is 311 g/mol. The SMILES string of the molecule is CC(C)C[C@H](N)C(=O)N[C@H](C(=O)NCC(=O)C=[N+]=[N-])C(C)C. The Balaban J connectivity index is 4.65. The van der Waals surface area contributed by atoms with E-state index in [0.717, 1.165) is 0 Å². The number of rotatable bonds is 9. The fraction of sp³-hybridized carbons (Fsp3) is 0.714. The zero-order valence-electron chi connectivity index (χ0n) is 13.5.